The number of hydrogen-bond donors (Lipinski definition) is 0. The summed E-state index contributed by atoms with van der Waals surface area (Å²) in [5.41, 5.74) is 1.50. The zero-order chi connectivity index (χ0) is 16.1. The number of rotatable bonds is 6. The first-order valence-electron chi connectivity index (χ1n) is 7.07. The molecule has 1 aromatic carbocycles. The summed E-state index contributed by atoms with van der Waals surface area (Å²) in [5, 5.41) is 4.21. The van der Waals surface area contributed by atoms with Crippen LogP contribution in [-0.2, 0) is 13.1 Å². The molecule has 0 saturated carbocycles. The molecule has 6 heteroatoms. The molecule has 0 unspecified atom stereocenters. The molecule has 0 radical (unpaired) electrons. The molecule has 22 heavy (non-hydrogen) atoms. The highest BCUT2D eigenvalue weighted by Crippen LogP contribution is 2.25. The van der Waals surface area contributed by atoms with E-state index in [1.54, 1.807) is 43.5 Å². The second-order valence-corrected chi connectivity index (χ2v) is 4.93. The van der Waals surface area contributed by atoms with Gasteiger partial charge in [0, 0.05) is 38.0 Å². The van der Waals surface area contributed by atoms with Crippen molar-refractivity contribution >= 4 is 5.91 Å². The van der Waals surface area contributed by atoms with Crippen LogP contribution in [0.25, 0.3) is 0 Å². The number of carbonyl (C=O) groups excluding carboxylic acids is 1. The SMILES string of the molecule is CCn1cc(CN(C)C(=O)c2ccc(OC)cc2OC)cn1. The van der Waals surface area contributed by atoms with Crippen LogP contribution in [0.3, 0.4) is 0 Å². The summed E-state index contributed by atoms with van der Waals surface area (Å²) in [6.45, 7) is 3.33. The second-order valence-electron chi connectivity index (χ2n) is 4.93. The van der Waals surface area contributed by atoms with Crippen molar-refractivity contribution in [2.24, 2.45) is 0 Å². The lowest BCUT2D eigenvalue weighted by Gasteiger charge is -2.18. The van der Waals surface area contributed by atoms with Crippen LogP contribution in [0.4, 0.5) is 0 Å². The van der Waals surface area contributed by atoms with E-state index in [0.29, 0.717) is 23.6 Å². The van der Waals surface area contributed by atoms with Gasteiger partial charge in [-0.25, -0.2) is 0 Å². The Morgan fingerprint density at radius 1 is 1.32 bits per heavy atom. The Kier molecular flexibility index (Phi) is 5.04. The van der Waals surface area contributed by atoms with E-state index < -0.39 is 0 Å². The molecule has 0 spiro atoms. The first-order valence-corrected chi connectivity index (χ1v) is 7.07. The first kappa shape index (κ1) is 15.9. The number of carbonyl (C=O) groups is 1. The maximum absolute atomic E-state index is 12.6. The molecule has 2 rings (SSSR count). The molecule has 1 aromatic heterocycles. The summed E-state index contributed by atoms with van der Waals surface area (Å²) in [7, 11) is 4.87. The van der Waals surface area contributed by atoms with Gasteiger partial charge >= 0.3 is 0 Å². The molecule has 0 aliphatic heterocycles. The molecule has 6 nitrogen and oxygen atoms in total. The molecule has 0 atom stereocenters. The van der Waals surface area contributed by atoms with Crippen molar-refractivity contribution in [3.8, 4) is 11.5 Å². The molecule has 1 heterocycles. The van der Waals surface area contributed by atoms with E-state index in [4.69, 9.17) is 9.47 Å². The predicted octanol–water partition coefficient (Wildman–Crippen LogP) is 2.19. The van der Waals surface area contributed by atoms with E-state index in [1.807, 2.05) is 17.8 Å². The van der Waals surface area contributed by atoms with Crippen LogP contribution in [-0.4, -0.2) is 41.9 Å². The highest BCUT2D eigenvalue weighted by molar-refractivity contribution is 5.97. The Bertz CT molecular complexity index is 652. The lowest BCUT2D eigenvalue weighted by Crippen LogP contribution is -2.26. The maximum Gasteiger partial charge on any atom is 0.257 e. The van der Waals surface area contributed by atoms with Gasteiger partial charge in [-0.3, -0.25) is 9.48 Å². The Labute approximate surface area is 130 Å². The van der Waals surface area contributed by atoms with Crippen molar-refractivity contribution in [2.75, 3.05) is 21.3 Å². The van der Waals surface area contributed by atoms with Gasteiger partial charge in [0.2, 0.25) is 0 Å². The second kappa shape index (κ2) is 6.98. The van der Waals surface area contributed by atoms with E-state index in [2.05, 4.69) is 5.10 Å². The van der Waals surface area contributed by atoms with Crippen molar-refractivity contribution < 1.29 is 14.3 Å². The Morgan fingerprint density at radius 2 is 2.09 bits per heavy atom. The lowest BCUT2D eigenvalue weighted by molar-refractivity contribution is 0.0781. The number of methoxy groups -OCH3 is 2. The van der Waals surface area contributed by atoms with Crippen LogP contribution in [0.1, 0.15) is 22.8 Å². The summed E-state index contributed by atoms with van der Waals surface area (Å²) in [6, 6.07) is 5.17. The van der Waals surface area contributed by atoms with Gasteiger partial charge < -0.3 is 14.4 Å². The Morgan fingerprint density at radius 3 is 2.68 bits per heavy atom. The topological polar surface area (TPSA) is 56.6 Å². The summed E-state index contributed by atoms with van der Waals surface area (Å²) >= 11 is 0. The molecule has 2 aromatic rings. The minimum absolute atomic E-state index is 0.108. The molecule has 0 N–H and O–H groups in total. The monoisotopic (exact) mass is 303 g/mol. The average molecular weight is 303 g/mol. The third kappa shape index (κ3) is 3.39. The van der Waals surface area contributed by atoms with Gasteiger partial charge in [0.05, 0.1) is 26.0 Å². The van der Waals surface area contributed by atoms with Crippen LogP contribution in [0.2, 0.25) is 0 Å². The van der Waals surface area contributed by atoms with Crippen LogP contribution in [0.15, 0.2) is 30.6 Å². The van der Waals surface area contributed by atoms with Crippen molar-refractivity contribution in [1.29, 1.82) is 0 Å². The lowest BCUT2D eigenvalue weighted by atomic mass is 10.1. The molecule has 118 valence electrons. The fourth-order valence-electron chi connectivity index (χ4n) is 2.19. The highest BCUT2D eigenvalue weighted by Gasteiger charge is 2.18. The smallest absolute Gasteiger partial charge is 0.257 e. The molecule has 1 amide bonds. The van der Waals surface area contributed by atoms with Crippen LogP contribution >= 0.6 is 0 Å². The van der Waals surface area contributed by atoms with Crippen molar-refractivity contribution in [2.45, 2.75) is 20.0 Å². The number of benzene rings is 1. The standard InChI is InChI=1S/C16H21N3O3/c1-5-19-11-12(9-17-19)10-18(2)16(20)14-7-6-13(21-3)8-15(14)22-4/h6-9,11H,5,10H2,1-4H3. The van der Waals surface area contributed by atoms with Gasteiger partial charge in [-0.05, 0) is 19.1 Å². The van der Waals surface area contributed by atoms with Gasteiger partial charge in [0.25, 0.3) is 5.91 Å². The van der Waals surface area contributed by atoms with Gasteiger partial charge in [-0.1, -0.05) is 0 Å². The number of ether oxygens (including phenoxy) is 2. The summed E-state index contributed by atoms with van der Waals surface area (Å²) < 4.78 is 12.3. The molecule has 0 bridgehead atoms. The molecule has 0 aliphatic carbocycles. The molecule has 0 saturated heterocycles. The highest BCUT2D eigenvalue weighted by atomic mass is 16.5. The summed E-state index contributed by atoms with van der Waals surface area (Å²) in [5.74, 6) is 1.05. The largest absolute Gasteiger partial charge is 0.497 e. The average Bonchev–Trinajstić information content (AvgIpc) is 3.00. The third-order valence-electron chi connectivity index (χ3n) is 3.42. The van der Waals surface area contributed by atoms with E-state index in [9.17, 15) is 4.79 Å². The van der Waals surface area contributed by atoms with E-state index in [0.717, 1.165) is 12.1 Å². The van der Waals surface area contributed by atoms with Crippen molar-refractivity contribution in [3.05, 3.63) is 41.7 Å². The van der Waals surface area contributed by atoms with Gasteiger partial charge in [0.1, 0.15) is 11.5 Å². The van der Waals surface area contributed by atoms with Crippen LogP contribution in [0.5, 0.6) is 11.5 Å². The summed E-state index contributed by atoms with van der Waals surface area (Å²) in [4.78, 5) is 14.2. The third-order valence-corrected chi connectivity index (χ3v) is 3.42. The van der Waals surface area contributed by atoms with Crippen molar-refractivity contribution in [1.82, 2.24) is 14.7 Å². The number of hydrogen-bond acceptors (Lipinski definition) is 4. The van der Waals surface area contributed by atoms with Gasteiger partial charge in [-0.2, -0.15) is 5.10 Å². The van der Waals surface area contributed by atoms with Gasteiger partial charge in [-0.15, -0.1) is 0 Å². The van der Waals surface area contributed by atoms with E-state index in [1.165, 1.54) is 7.11 Å². The van der Waals surface area contributed by atoms with Crippen LogP contribution in [0, 0.1) is 0 Å². The molecular formula is C16H21N3O3. The maximum atomic E-state index is 12.6. The number of nitrogens with zero attached hydrogens (tertiary/aromatic N) is 3. The zero-order valence-corrected chi connectivity index (χ0v) is 13.4. The van der Waals surface area contributed by atoms with E-state index in [-0.39, 0.29) is 5.91 Å². The molecular weight excluding hydrogens is 282 g/mol. The number of aryl methyl sites for hydroxylation is 1. The zero-order valence-electron chi connectivity index (χ0n) is 13.4. The minimum Gasteiger partial charge on any atom is -0.497 e. The fraction of sp³-hybridized carbons (Fsp3) is 0.375. The number of aromatic nitrogens is 2. The first-order chi connectivity index (χ1) is 10.6. The number of amides is 1. The van der Waals surface area contributed by atoms with E-state index >= 15 is 0 Å². The fourth-order valence-corrected chi connectivity index (χ4v) is 2.19. The quantitative estimate of drug-likeness (QED) is 0.821. The minimum atomic E-state index is -0.108. The van der Waals surface area contributed by atoms with Crippen LogP contribution < -0.4 is 9.47 Å². The summed E-state index contributed by atoms with van der Waals surface area (Å²) in [6.07, 6.45) is 3.72. The van der Waals surface area contributed by atoms with Crippen molar-refractivity contribution in [3.63, 3.8) is 0 Å². The normalized spacial score (nSPS) is 10.4. The Hall–Kier alpha value is -2.50. The molecule has 0 fully saturated rings. The van der Waals surface area contributed by atoms with Gasteiger partial charge in [0.15, 0.2) is 0 Å². The Balaban J connectivity index is 2.16. The molecule has 0 aliphatic rings. The predicted molar refractivity (Wildman–Crippen MR) is 83.2 cm³/mol.